The Morgan fingerprint density at radius 2 is 2.00 bits per heavy atom. The summed E-state index contributed by atoms with van der Waals surface area (Å²) in [5.74, 6) is -2.56. The van der Waals surface area contributed by atoms with Crippen molar-refractivity contribution in [1.82, 2.24) is 9.47 Å². The van der Waals surface area contributed by atoms with Crippen LogP contribution < -0.4 is 4.80 Å². The summed E-state index contributed by atoms with van der Waals surface area (Å²) >= 11 is 1.36. The van der Waals surface area contributed by atoms with Gasteiger partial charge >= 0.3 is 0 Å². The lowest BCUT2D eigenvalue weighted by atomic mass is 10.0. The number of aromatic nitrogens is 1. The first-order chi connectivity index (χ1) is 13.7. The molecule has 2 aromatic rings. The van der Waals surface area contributed by atoms with Gasteiger partial charge in [-0.3, -0.25) is 9.59 Å². The Morgan fingerprint density at radius 1 is 1.24 bits per heavy atom. The molecule has 3 rings (SSSR count). The maximum atomic E-state index is 12.4. The molecule has 2 heterocycles. The number of thiazole rings is 1. The van der Waals surface area contributed by atoms with E-state index in [0.717, 1.165) is 35.0 Å². The SMILES string of the molecule is CCn1c(=NC(=O)CS(=O)(=O)CC(=O)N2CCCCC2C)sc2cc(C)ccc21. The summed E-state index contributed by atoms with van der Waals surface area (Å²) in [6.45, 7) is 7.06. The molecular weight excluding hydrogens is 410 g/mol. The maximum absolute atomic E-state index is 12.4. The van der Waals surface area contributed by atoms with Crippen molar-refractivity contribution in [3.63, 3.8) is 0 Å². The van der Waals surface area contributed by atoms with Crippen LogP contribution in [-0.2, 0) is 26.0 Å². The number of benzene rings is 1. The van der Waals surface area contributed by atoms with Gasteiger partial charge in [-0.15, -0.1) is 0 Å². The minimum absolute atomic E-state index is 0.0392. The zero-order chi connectivity index (χ0) is 21.2. The highest BCUT2D eigenvalue weighted by atomic mass is 32.2. The maximum Gasteiger partial charge on any atom is 0.263 e. The van der Waals surface area contributed by atoms with E-state index in [-0.39, 0.29) is 6.04 Å². The number of nitrogens with zero attached hydrogens (tertiary/aromatic N) is 3. The highest BCUT2D eigenvalue weighted by molar-refractivity contribution is 7.92. The Kier molecular flexibility index (Phi) is 6.58. The molecule has 158 valence electrons. The van der Waals surface area contributed by atoms with E-state index in [9.17, 15) is 18.0 Å². The van der Waals surface area contributed by atoms with Gasteiger partial charge in [0.2, 0.25) is 5.91 Å². The molecule has 1 fully saturated rings. The van der Waals surface area contributed by atoms with Crippen LogP contribution in [0.25, 0.3) is 10.2 Å². The number of carbonyl (C=O) groups is 2. The molecule has 0 bridgehead atoms. The van der Waals surface area contributed by atoms with Crippen molar-refractivity contribution in [3.05, 3.63) is 28.6 Å². The standard InChI is InChI=1S/C20H27N3O4S2/c1-4-22-16-9-8-14(2)11-17(16)28-20(22)21-18(24)12-29(26,27)13-19(25)23-10-6-5-7-15(23)3/h8-9,11,15H,4-7,10,12-13H2,1-3H3. The third-order valence-corrected chi connectivity index (χ3v) is 7.60. The van der Waals surface area contributed by atoms with Crippen LogP contribution in [0.5, 0.6) is 0 Å². The van der Waals surface area contributed by atoms with E-state index in [1.54, 1.807) is 4.90 Å². The average Bonchev–Trinajstić information content (AvgIpc) is 2.96. The number of carbonyl (C=O) groups excluding carboxylic acids is 2. The summed E-state index contributed by atoms with van der Waals surface area (Å²) in [4.78, 5) is 30.9. The number of hydrogen-bond acceptors (Lipinski definition) is 5. The highest BCUT2D eigenvalue weighted by Gasteiger charge is 2.28. The van der Waals surface area contributed by atoms with Gasteiger partial charge in [0.05, 0.1) is 10.2 Å². The number of hydrogen-bond donors (Lipinski definition) is 0. The molecule has 1 aliphatic heterocycles. The number of amides is 2. The van der Waals surface area contributed by atoms with Crippen LogP contribution in [0, 0.1) is 6.92 Å². The predicted molar refractivity (Wildman–Crippen MR) is 114 cm³/mol. The van der Waals surface area contributed by atoms with E-state index in [4.69, 9.17) is 0 Å². The molecule has 9 heteroatoms. The number of likely N-dealkylation sites (tertiary alicyclic amines) is 1. The molecule has 2 amide bonds. The molecule has 1 unspecified atom stereocenters. The fourth-order valence-corrected chi connectivity index (χ4v) is 5.98. The van der Waals surface area contributed by atoms with Crippen molar-refractivity contribution in [2.75, 3.05) is 18.1 Å². The van der Waals surface area contributed by atoms with Gasteiger partial charge in [0.25, 0.3) is 5.91 Å². The van der Waals surface area contributed by atoms with E-state index in [1.165, 1.54) is 11.3 Å². The fourth-order valence-electron chi connectivity index (χ4n) is 3.69. The average molecular weight is 438 g/mol. The molecule has 1 saturated heterocycles. The lowest BCUT2D eigenvalue weighted by molar-refractivity contribution is -0.131. The van der Waals surface area contributed by atoms with Gasteiger partial charge in [0.15, 0.2) is 14.6 Å². The Bertz CT molecular complexity index is 1100. The van der Waals surface area contributed by atoms with E-state index in [0.29, 0.717) is 17.9 Å². The lowest BCUT2D eigenvalue weighted by Gasteiger charge is -2.33. The summed E-state index contributed by atoms with van der Waals surface area (Å²) in [5, 5.41) is 0. The molecule has 1 aliphatic rings. The van der Waals surface area contributed by atoms with Crippen LogP contribution in [0.3, 0.4) is 0 Å². The Hall–Kier alpha value is -2.00. The molecule has 1 aromatic carbocycles. The number of sulfone groups is 1. The Morgan fingerprint density at radius 3 is 2.69 bits per heavy atom. The Labute approximate surface area is 175 Å². The van der Waals surface area contributed by atoms with E-state index >= 15 is 0 Å². The van der Waals surface area contributed by atoms with Crippen LogP contribution >= 0.6 is 11.3 Å². The minimum Gasteiger partial charge on any atom is -0.339 e. The molecule has 0 aliphatic carbocycles. The van der Waals surface area contributed by atoms with Crippen molar-refractivity contribution < 1.29 is 18.0 Å². The summed E-state index contributed by atoms with van der Waals surface area (Å²) in [6.07, 6.45) is 2.80. The molecular formula is C20H27N3O4S2. The first kappa shape index (κ1) is 21.7. The fraction of sp³-hybridized carbons (Fsp3) is 0.550. The Balaban J connectivity index is 1.77. The van der Waals surface area contributed by atoms with E-state index in [2.05, 4.69) is 4.99 Å². The minimum atomic E-state index is -3.87. The second-order valence-corrected chi connectivity index (χ2v) is 10.6. The number of fused-ring (bicyclic) bond motifs is 1. The van der Waals surface area contributed by atoms with Crippen LogP contribution in [-0.4, -0.2) is 53.8 Å². The first-order valence-corrected chi connectivity index (χ1v) is 12.5. The smallest absolute Gasteiger partial charge is 0.263 e. The van der Waals surface area contributed by atoms with Gasteiger partial charge < -0.3 is 9.47 Å². The molecule has 0 saturated carbocycles. The summed E-state index contributed by atoms with van der Waals surface area (Å²) in [5.41, 5.74) is 2.07. The third kappa shape index (κ3) is 5.14. The molecule has 0 radical (unpaired) electrons. The summed E-state index contributed by atoms with van der Waals surface area (Å²) < 4.78 is 27.8. The van der Waals surface area contributed by atoms with Crippen molar-refractivity contribution in [2.24, 2.45) is 4.99 Å². The largest absolute Gasteiger partial charge is 0.339 e. The van der Waals surface area contributed by atoms with E-state index in [1.807, 2.05) is 43.5 Å². The van der Waals surface area contributed by atoms with Crippen LogP contribution in [0.1, 0.15) is 38.7 Å². The van der Waals surface area contributed by atoms with Gasteiger partial charge in [-0.25, -0.2) is 8.42 Å². The second-order valence-electron chi connectivity index (χ2n) is 7.57. The second kappa shape index (κ2) is 8.79. The monoisotopic (exact) mass is 437 g/mol. The van der Waals surface area contributed by atoms with Crippen LogP contribution in [0.4, 0.5) is 0 Å². The first-order valence-electron chi connectivity index (χ1n) is 9.87. The van der Waals surface area contributed by atoms with Gasteiger partial charge in [0, 0.05) is 19.1 Å². The highest BCUT2D eigenvalue weighted by Crippen LogP contribution is 2.19. The van der Waals surface area contributed by atoms with Gasteiger partial charge in [-0.1, -0.05) is 17.4 Å². The van der Waals surface area contributed by atoms with Gasteiger partial charge in [0.1, 0.15) is 11.5 Å². The predicted octanol–water partition coefficient (Wildman–Crippen LogP) is 2.27. The molecule has 7 nitrogen and oxygen atoms in total. The molecule has 0 N–H and O–H groups in total. The number of piperidine rings is 1. The van der Waals surface area contributed by atoms with Crippen molar-refractivity contribution in [3.8, 4) is 0 Å². The lowest BCUT2D eigenvalue weighted by Crippen LogP contribution is -2.45. The van der Waals surface area contributed by atoms with Gasteiger partial charge in [-0.05, 0) is 57.7 Å². The van der Waals surface area contributed by atoms with Gasteiger partial charge in [-0.2, -0.15) is 4.99 Å². The molecule has 29 heavy (non-hydrogen) atoms. The van der Waals surface area contributed by atoms with Crippen molar-refractivity contribution in [2.45, 2.75) is 52.6 Å². The zero-order valence-corrected chi connectivity index (χ0v) is 18.7. The van der Waals surface area contributed by atoms with Crippen molar-refractivity contribution >= 4 is 43.2 Å². The quantitative estimate of drug-likeness (QED) is 0.718. The summed E-state index contributed by atoms with van der Waals surface area (Å²) in [6, 6.07) is 6.02. The molecule has 0 spiro atoms. The van der Waals surface area contributed by atoms with Crippen LogP contribution in [0.15, 0.2) is 23.2 Å². The number of rotatable bonds is 5. The molecule has 1 aromatic heterocycles. The normalized spacial score (nSPS) is 18.4. The van der Waals surface area contributed by atoms with Crippen molar-refractivity contribution in [1.29, 1.82) is 0 Å². The van der Waals surface area contributed by atoms with E-state index < -0.39 is 33.2 Å². The molecule has 1 atom stereocenters. The summed E-state index contributed by atoms with van der Waals surface area (Å²) in [7, 11) is -3.87. The third-order valence-electron chi connectivity index (χ3n) is 5.18. The topological polar surface area (TPSA) is 88.8 Å². The van der Waals surface area contributed by atoms with Crippen LogP contribution in [0.2, 0.25) is 0 Å². The number of aryl methyl sites for hydroxylation is 2. The zero-order valence-electron chi connectivity index (χ0n) is 17.1.